The van der Waals surface area contributed by atoms with Crippen molar-refractivity contribution in [2.75, 3.05) is 0 Å². The van der Waals surface area contributed by atoms with Crippen molar-refractivity contribution in [3.63, 3.8) is 0 Å². The first-order chi connectivity index (χ1) is 10.6. The predicted molar refractivity (Wildman–Crippen MR) is 95.0 cm³/mol. The van der Waals surface area contributed by atoms with Crippen molar-refractivity contribution >= 4 is 17.4 Å². The minimum Gasteiger partial charge on any atom is -0.293 e. The Hall–Kier alpha value is -1.52. The van der Waals surface area contributed by atoms with Crippen molar-refractivity contribution in [1.82, 2.24) is 0 Å². The average molecular weight is 317 g/mol. The molecule has 0 N–H and O–H groups in total. The lowest BCUT2D eigenvalue weighted by Crippen LogP contribution is -2.13. The number of carbonyl (C=O) groups is 1. The van der Waals surface area contributed by atoms with E-state index in [0.717, 1.165) is 19.3 Å². The number of unbranched alkanes of at least 4 members (excludes halogenated alkanes) is 5. The standard InChI is InChI=1S/C20H25ClO/c1-3-4-5-6-7-9-14-19(16-15-17(2)21)20(22)18-12-10-8-11-13-18/h8,10-13,19H,2-7,9,14H2,1H3. The highest BCUT2D eigenvalue weighted by atomic mass is 35.5. The van der Waals surface area contributed by atoms with E-state index in [1.165, 1.54) is 25.7 Å². The SMILES string of the molecule is C=C(Cl)C#CC(CCCCCCCC)C(=O)c1ccccc1. The van der Waals surface area contributed by atoms with E-state index in [0.29, 0.717) is 5.56 Å². The molecule has 1 atom stereocenters. The molecule has 1 unspecified atom stereocenters. The van der Waals surface area contributed by atoms with Gasteiger partial charge >= 0.3 is 0 Å². The number of halogens is 1. The van der Waals surface area contributed by atoms with Gasteiger partial charge in [-0.15, -0.1) is 0 Å². The van der Waals surface area contributed by atoms with Gasteiger partial charge in [-0.3, -0.25) is 4.79 Å². The van der Waals surface area contributed by atoms with E-state index in [2.05, 4.69) is 25.3 Å². The van der Waals surface area contributed by atoms with Crippen molar-refractivity contribution in [3.8, 4) is 11.8 Å². The highest BCUT2D eigenvalue weighted by Crippen LogP contribution is 2.17. The second-order valence-electron chi connectivity index (χ2n) is 5.51. The summed E-state index contributed by atoms with van der Waals surface area (Å²) in [5.74, 6) is 5.54. The molecule has 2 heteroatoms. The number of benzene rings is 1. The fourth-order valence-electron chi connectivity index (χ4n) is 2.37. The lowest BCUT2D eigenvalue weighted by Gasteiger charge is -2.10. The van der Waals surface area contributed by atoms with E-state index in [1.807, 2.05) is 30.3 Å². The number of hydrogen-bond acceptors (Lipinski definition) is 1. The smallest absolute Gasteiger partial charge is 0.177 e. The molecule has 0 saturated carbocycles. The number of carbonyl (C=O) groups excluding carboxylic acids is 1. The fraction of sp³-hybridized carbons (Fsp3) is 0.450. The molecule has 0 heterocycles. The minimum absolute atomic E-state index is 0.0829. The van der Waals surface area contributed by atoms with Gasteiger partial charge in [-0.1, -0.05) is 106 Å². The number of allylic oxidation sites excluding steroid dienone is 1. The molecule has 1 rings (SSSR count). The molecule has 0 bridgehead atoms. The van der Waals surface area contributed by atoms with Crippen LogP contribution in [0.3, 0.4) is 0 Å². The second kappa shape index (κ2) is 11.1. The Balaban J connectivity index is 2.59. The summed E-state index contributed by atoms with van der Waals surface area (Å²) in [6.45, 7) is 5.78. The molecular weight excluding hydrogens is 292 g/mol. The molecule has 0 aliphatic carbocycles. The zero-order valence-corrected chi connectivity index (χ0v) is 14.2. The van der Waals surface area contributed by atoms with Crippen LogP contribution in [-0.4, -0.2) is 5.78 Å². The maximum atomic E-state index is 12.5. The number of rotatable bonds is 9. The third-order valence-corrected chi connectivity index (χ3v) is 3.70. The normalized spacial score (nSPS) is 11.4. The molecule has 1 aromatic rings. The summed E-state index contributed by atoms with van der Waals surface area (Å²) in [5.41, 5.74) is 0.716. The third-order valence-electron chi connectivity index (χ3n) is 3.60. The fourth-order valence-corrected chi connectivity index (χ4v) is 2.42. The molecule has 0 fully saturated rings. The Morgan fingerprint density at radius 3 is 2.41 bits per heavy atom. The molecule has 1 aromatic carbocycles. The van der Waals surface area contributed by atoms with Crippen molar-refractivity contribution in [2.45, 2.75) is 51.9 Å². The van der Waals surface area contributed by atoms with Crippen LogP contribution in [0.1, 0.15) is 62.2 Å². The van der Waals surface area contributed by atoms with E-state index < -0.39 is 0 Å². The Labute approximate surface area is 139 Å². The second-order valence-corrected chi connectivity index (χ2v) is 5.97. The molecule has 0 aliphatic heterocycles. The van der Waals surface area contributed by atoms with Crippen LogP contribution in [0.15, 0.2) is 41.9 Å². The summed E-state index contributed by atoms with van der Waals surface area (Å²) < 4.78 is 0. The zero-order chi connectivity index (χ0) is 16.2. The van der Waals surface area contributed by atoms with Crippen LogP contribution < -0.4 is 0 Å². The average Bonchev–Trinajstić information content (AvgIpc) is 2.53. The van der Waals surface area contributed by atoms with E-state index in [-0.39, 0.29) is 16.7 Å². The summed E-state index contributed by atoms with van der Waals surface area (Å²) in [5, 5.41) is 0.286. The molecule has 118 valence electrons. The number of hydrogen-bond donors (Lipinski definition) is 0. The lowest BCUT2D eigenvalue weighted by atomic mass is 9.92. The van der Waals surface area contributed by atoms with Gasteiger partial charge in [-0.2, -0.15) is 0 Å². The van der Waals surface area contributed by atoms with E-state index in [9.17, 15) is 4.79 Å². The minimum atomic E-state index is -0.288. The highest BCUT2D eigenvalue weighted by molar-refractivity contribution is 6.31. The predicted octanol–water partition coefficient (Wildman–Crippen LogP) is 5.99. The topological polar surface area (TPSA) is 17.1 Å². The van der Waals surface area contributed by atoms with Gasteiger partial charge in [-0.05, 0) is 6.42 Å². The number of Topliss-reactive ketones (excluding diaryl/α,β-unsaturated/α-hetero) is 1. The molecule has 0 saturated heterocycles. The Morgan fingerprint density at radius 1 is 1.14 bits per heavy atom. The zero-order valence-electron chi connectivity index (χ0n) is 13.4. The molecule has 0 aliphatic rings. The summed E-state index contributed by atoms with van der Waals surface area (Å²) in [7, 11) is 0. The molecule has 22 heavy (non-hydrogen) atoms. The van der Waals surface area contributed by atoms with E-state index >= 15 is 0 Å². The van der Waals surface area contributed by atoms with Crippen molar-refractivity contribution in [3.05, 3.63) is 47.5 Å². The van der Waals surface area contributed by atoms with Gasteiger partial charge in [0.15, 0.2) is 5.78 Å². The van der Waals surface area contributed by atoms with Gasteiger partial charge in [-0.25, -0.2) is 0 Å². The van der Waals surface area contributed by atoms with E-state index in [4.69, 9.17) is 11.6 Å². The van der Waals surface area contributed by atoms with Crippen LogP contribution in [0.2, 0.25) is 0 Å². The van der Waals surface area contributed by atoms with Crippen LogP contribution in [0, 0.1) is 17.8 Å². The summed E-state index contributed by atoms with van der Waals surface area (Å²) >= 11 is 5.71. The summed E-state index contributed by atoms with van der Waals surface area (Å²) in [4.78, 5) is 12.5. The first-order valence-corrected chi connectivity index (χ1v) is 8.48. The van der Waals surface area contributed by atoms with Gasteiger partial charge in [0.2, 0.25) is 0 Å². The first kappa shape index (κ1) is 18.5. The van der Waals surface area contributed by atoms with Gasteiger partial charge in [0.1, 0.15) is 0 Å². The van der Waals surface area contributed by atoms with Crippen LogP contribution in [-0.2, 0) is 0 Å². The van der Waals surface area contributed by atoms with Crippen molar-refractivity contribution in [2.24, 2.45) is 5.92 Å². The Kier molecular flexibility index (Phi) is 9.35. The van der Waals surface area contributed by atoms with E-state index in [1.54, 1.807) is 0 Å². The molecule has 0 aromatic heterocycles. The van der Waals surface area contributed by atoms with Gasteiger partial charge in [0.05, 0.1) is 11.0 Å². The van der Waals surface area contributed by atoms with Crippen LogP contribution >= 0.6 is 11.6 Å². The molecule has 0 radical (unpaired) electrons. The monoisotopic (exact) mass is 316 g/mol. The van der Waals surface area contributed by atoms with Crippen LogP contribution in [0.4, 0.5) is 0 Å². The maximum absolute atomic E-state index is 12.5. The first-order valence-electron chi connectivity index (χ1n) is 8.10. The summed E-state index contributed by atoms with van der Waals surface area (Å²) in [6.07, 6.45) is 8.01. The summed E-state index contributed by atoms with van der Waals surface area (Å²) in [6, 6.07) is 9.35. The maximum Gasteiger partial charge on any atom is 0.177 e. The van der Waals surface area contributed by atoms with Gasteiger partial charge in [0.25, 0.3) is 0 Å². The van der Waals surface area contributed by atoms with Crippen LogP contribution in [0.5, 0.6) is 0 Å². The van der Waals surface area contributed by atoms with Crippen molar-refractivity contribution in [1.29, 1.82) is 0 Å². The van der Waals surface area contributed by atoms with Gasteiger partial charge < -0.3 is 0 Å². The van der Waals surface area contributed by atoms with Gasteiger partial charge in [0, 0.05) is 5.56 Å². The highest BCUT2D eigenvalue weighted by Gasteiger charge is 2.17. The molecule has 1 nitrogen and oxygen atoms in total. The Morgan fingerprint density at radius 2 is 1.77 bits per heavy atom. The lowest BCUT2D eigenvalue weighted by molar-refractivity contribution is 0.0943. The largest absolute Gasteiger partial charge is 0.293 e. The Bertz CT molecular complexity index is 522. The quantitative estimate of drug-likeness (QED) is 0.310. The number of ketones is 1. The molecular formula is C20H25ClO. The molecule has 0 amide bonds. The van der Waals surface area contributed by atoms with Crippen molar-refractivity contribution < 1.29 is 4.79 Å². The molecule has 0 spiro atoms. The van der Waals surface area contributed by atoms with Crippen LogP contribution in [0.25, 0.3) is 0 Å². The third kappa shape index (κ3) is 7.48.